The van der Waals surface area contributed by atoms with Crippen LogP contribution in [0.3, 0.4) is 0 Å². The van der Waals surface area contributed by atoms with Gasteiger partial charge in [-0.25, -0.2) is 0 Å². The lowest BCUT2D eigenvalue weighted by Gasteiger charge is -2.22. The molecule has 0 aromatic heterocycles. The minimum atomic E-state index is -0.362. The molecule has 4 nitrogen and oxygen atoms in total. The van der Waals surface area contributed by atoms with Crippen molar-refractivity contribution >= 4 is 11.8 Å². The molecule has 152 valence electrons. The van der Waals surface area contributed by atoms with E-state index in [4.69, 9.17) is 19.5 Å². The van der Waals surface area contributed by atoms with Crippen LogP contribution in [0.4, 0.5) is 0 Å². The highest BCUT2D eigenvalue weighted by atomic mass is 32.2. The van der Waals surface area contributed by atoms with Crippen LogP contribution in [0.2, 0.25) is 0 Å². The second-order valence-corrected chi connectivity index (χ2v) is 8.05. The van der Waals surface area contributed by atoms with Crippen molar-refractivity contribution in [3.63, 3.8) is 0 Å². The highest BCUT2D eigenvalue weighted by Gasteiger charge is 2.12. The molecule has 2 atom stereocenters. The zero-order valence-corrected chi connectivity index (χ0v) is 18.5. The SMILES string of the molecule is C/C=C(/C#N)C=CC(/C=C/OC(C)COC(C)(C)C)Oc1ccc(SC)cc1. The second-order valence-electron chi connectivity index (χ2n) is 7.17. The molecule has 0 fully saturated rings. The minimum absolute atomic E-state index is 0.0776. The quantitative estimate of drug-likeness (QED) is 0.211. The number of hydrogen-bond donors (Lipinski definition) is 0. The van der Waals surface area contributed by atoms with Crippen molar-refractivity contribution in [3.8, 4) is 11.8 Å². The molecule has 28 heavy (non-hydrogen) atoms. The van der Waals surface area contributed by atoms with Crippen molar-refractivity contribution in [1.82, 2.24) is 0 Å². The summed E-state index contributed by atoms with van der Waals surface area (Å²) in [5, 5.41) is 9.09. The number of nitriles is 1. The lowest BCUT2D eigenvalue weighted by molar-refractivity contribution is -0.0472. The van der Waals surface area contributed by atoms with E-state index >= 15 is 0 Å². The zero-order chi connectivity index (χ0) is 21.0. The molecule has 2 unspecified atom stereocenters. The van der Waals surface area contributed by atoms with Gasteiger partial charge in [0.15, 0.2) is 0 Å². The fraction of sp³-hybridized carbons (Fsp3) is 0.435. The Labute approximate surface area is 173 Å². The van der Waals surface area contributed by atoms with Gasteiger partial charge in [0.1, 0.15) is 18.0 Å². The molecule has 1 aromatic carbocycles. The van der Waals surface area contributed by atoms with Crippen molar-refractivity contribution in [2.24, 2.45) is 0 Å². The Kier molecular flexibility index (Phi) is 10.5. The van der Waals surface area contributed by atoms with E-state index in [1.54, 1.807) is 30.2 Å². The van der Waals surface area contributed by atoms with Crippen molar-refractivity contribution in [3.05, 3.63) is 60.4 Å². The number of hydrogen-bond acceptors (Lipinski definition) is 5. The molecule has 0 aliphatic heterocycles. The van der Waals surface area contributed by atoms with Gasteiger partial charge in [-0.15, -0.1) is 11.8 Å². The number of benzene rings is 1. The van der Waals surface area contributed by atoms with Crippen molar-refractivity contribution in [2.75, 3.05) is 12.9 Å². The van der Waals surface area contributed by atoms with E-state index in [-0.39, 0.29) is 17.8 Å². The molecule has 0 N–H and O–H groups in total. The first-order chi connectivity index (χ1) is 13.3. The van der Waals surface area contributed by atoms with Crippen LogP contribution in [0.1, 0.15) is 34.6 Å². The van der Waals surface area contributed by atoms with Crippen molar-refractivity contribution in [1.29, 1.82) is 5.26 Å². The Balaban J connectivity index is 2.77. The van der Waals surface area contributed by atoms with Crippen molar-refractivity contribution < 1.29 is 14.2 Å². The van der Waals surface area contributed by atoms with Crippen molar-refractivity contribution in [2.45, 2.75) is 57.3 Å². The van der Waals surface area contributed by atoms with Gasteiger partial charge in [-0.3, -0.25) is 0 Å². The van der Waals surface area contributed by atoms with Gasteiger partial charge >= 0.3 is 0 Å². The molecule has 0 saturated heterocycles. The number of rotatable bonds is 10. The van der Waals surface area contributed by atoms with E-state index in [1.165, 1.54) is 4.90 Å². The number of thioether (sulfide) groups is 1. The smallest absolute Gasteiger partial charge is 0.139 e. The summed E-state index contributed by atoms with van der Waals surface area (Å²) in [4.78, 5) is 1.17. The maximum atomic E-state index is 9.09. The third-order valence-electron chi connectivity index (χ3n) is 3.57. The van der Waals surface area contributed by atoms with Gasteiger partial charge in [-0.1, -0.05) is 6.08 Å². The van der Waals surface area contributed by atoms with Crippen LogP contribution in [-0.2, 0) is 9.47 Å². The average Bonchev–Trinajstić information content (AvgIpc) is 2.67. The van der Waals surface area contributed by atoms with E-state index < -0.39 is 0 Å². The lowest BCUT2D eigenvalue weighted by atomic mass is 10.2. The lowest BCUT2D eigenvalue weighted by Crippen LogP contribution is -2.25. The van der Waals surface area contributed by atoms with E-state index in [9.17, 15) is 0 Å². The summed E-state index contributed by atoms with van der Waals surface area (Å²) in [6.45, 7) is 10.3. The molecule has 0 amide bonds. The monoisotopic (exact) mass is 401 g/mol. The van der Waals surface area contributed by atoms with Gasteiger partial charge in [0, 0.05) is 10.5 Å². The topological polar surface area (TPSA) is 51.5 Å². The molecule has 0 heterocycles. The third-order valence-corrected chi connectivity index (χ3v) is 4.31. The van der Waals surface area contributed by atoms with Crippen LogP contribution >= 0.6 is 11.8 Å². The van der Waals surface area contributed by atoms with Gasteiger partial charge in [0.2, 0.25) is 0 Å². The Bertz CT molecular complexity index is 709. The minimum Gasteiger partial charge on any atom is -0.496 e. The van der Waals surface area contributed by atoms with E-state index in [0.29, 0.717) is 12.2 Å². The molecule has 0 bridgehead atoms. The first kappa shape index (κ1) is 23.9. The van der Waals surface area contributed by atoms with Crippen LogP contribution in [0, 0.1) is 11.3 Å². The fourth-order valence-electron chi connectivity index (χ4n) is 2.01. The molecule has 0 spiro atoms. The van der Waals surface area contributed by atoms with Gasteiger partial charge in [-0.05, 0) is 83.4 Å². The molecule has 1 rings (SSSR count). The molecule has 1 aromatic rings. The maximum Gasteiger partial charge on any atom is 0.139 e. The predicted molar refractivity (Wildman–Crippen MR) is 117 cm³/mol. The summed E-state index contributed by atoms with van der Waals surface area (Å²) < 4.78 is 17.4. The van der Waals surface area contributed by atoms with E-state index in [2.05, 4.69) is 6.07 Å². The summed E-state index contributed by atoms with van der Waals surface area (Å²) in [7, 11) is 0. The van der Waals surface area contributed by atoms with Crippen LogP contribution in [0.25, 0.3) is 0 Å². The summed E-state index contributed by atoms with van der Waals surface area (Å²) >= 11 is 1.68. The molecule has 5 heteroatoms. The highest BCUT2D eigenvalue weighted by Crippen LogP contribution is 2.20. The largest absolute Gasteiger partial charge is 0.496 e. The normalized spacial score (nSPS) is 14.8. The third kappa shape index (κ3) is 10.2. The van der Waals surface area contributed by atoms with Crippen LogP contribution in [-0.4, -0.2) is 30.7 Å². The highest BCUT2D eigenvalue weighted by molar-refractivity contribution is 7.98. The van der Waals surface area contributed by atoms with Gasteiger partial charge in [0.25, 0.3) is 0 Å². The van der Waals surface area contributed by atoms with Gasteiger partial charge in [-0.2, -0.15) is 5.26 Å². The molecule has 0 aliphatic rings. The summed E-state index contributed by atoms with van der Waals surface area (Å²) in [6, 6.07) is 10.0. The number of ether oxygens (including phenoxy) is 3. The number of allylic oxidation sites excluding steroid dienone is 3. The Hall–Kier alpha value is -2.16. The van der Waals surface area contributed by atoms with E-state index in [0.717, 1.165) is 5.75 Å². The predicted octanol–water partition coefficient (Wildman–Crippen LogP) is 5.92. The zero-order valence-electron chi connectivity index (χ0n) is 17.6. The summed E-state index contributed by atoms with van der Waals surface area (Å²) in [6.07, 6.45) is 10.4. The van der Waals surface area contributed by atoms with Crippen LogP contribution in [0.15, 0.2) is 65.3 Å². The first-order valence-corrected chi connectivity index (χ1v) is 10.5. The second kappa shape index (κ2) is 12.3. The van der Waals surface area contributed by atoms with Crippen LogP contribution in [0.5, 0.6) is 5.75 Å². The average molecular weight is 402 g/mol. The Morgan fingerprint density at radius 2 is 1.89 bits per heavy atom. The standard InChI is InChI=1S/C23H31NO3S/c1-7-19(16-24)8-9-21(27-20-10-12-22(28-6)13-11-20)14-15-25-18(2)17-26-23(3,4)5/h7-15,18,21H,17H2,1-6H3/b9-8?,15-14+,19-7+. The molecule has 0 saturated carbocycles. The molecular formula is C23H31NO3S. The summed E-state index contributed by atoms with van der Waals surface area (Å²) in [5.41, 5.74) is 0.381. The van der Waals surface area contributed by atoms with Crippen LogP contribution < -0.4 is 4.74 Å². The van der Waals surface area contributed by atoms with E-state index in [1.807, 2.05) is 77.3 Å². The molecule has 0 radical (unpaired) electrons. The van der Waals surface area contributed by atoms with Gasteiger partial charge in [0.05, 0.1) is 24.5 Å². The molecular weight excluding hydrogens is 370 g/mol. The maximum absolute atomic E-state index is 9.09. The Morgan fingerprint density at radius 3 is 2.43 bits per heavy atom. The number of nitrogens with zero attached hydrogens (tertiary/aromatic N) is 1. The summed E-state index contributed by atoms with van der Waals surface area (Å²) in [5.74, 6) is 0.750. The van der Waals surface area contributed by atoms with Gasteiger partial charge < -0.3 is 14.2 Å². The molecule has 0 aliphatic carbocycles. The fourth-order valence-corrected chi connectivity index (χ4v) is 2.42. The first-order valence-electron chi connectivity index (χ1n) is 9.29. The Morgan fingerprint density at radius 1 is 1.21 bits per heavy atom.